The van der Waals surface area contributed by atoms with Crippen molar-refractivity contribution in [3.05, 3.63) is 42.1 Å². The predicted octanol–water partition coefficient (Wildman–Crippen LogP) is 1.96. The molecule has 0 saturated heterocycles. The summed E-state index contributed by atoms with van der Waals surface area (Å²) < 4.78 is 0. The Labute approximate surface area is 113 Å². The number of carbonyl (C=O) groups excluding carboxylic acids is 1. The maximum absolute atomic E-state index is 12.1. The van der Waals surface area contributed by atoms with Crippen LogP contribution in [-0.2, 0) is 0 Å². The highest BCUT2D eigenvalue weighted by atomic mass is 16.1. The summed E-state index contributed by atoms with van der Waals surface area (Å²) in [5.41, 5.74) is 1.53. The number of carbonyl (C=O) groups is 1. The first kappa shape index (κ1) is 13.5. The Hall–Kier alpha value is -1.94. The van der Waals surface area contributed by atoms with Gasteiger partial charge >= 0.3 is 0 Å². The fourth-order valence-electron chi connectivity index (χ4n) is 1.96. The van der Waals surface area contributed by atoms with Gasteiger partial charge in [0.25, 0.3) is 5.91 Å². The van der Waals surface area contributed by atoms with Crippen molar-refractivity contribution in [3.8, 4) is 0 Å². The summed E-state index contributed by atoms with van der Waals surface area (Å²) in [4.78, 5) is 16.4. The van der Waals surface area contributed by atoms with Crippen molar-refractivity contribution in [2.75, 3.05) is 19.6 Å². The van der Waals surface area contributed by atoms with Crippen LogP contribution in [0.15, 0.2) is 36.5 Å². The fourth-order valence-corrected chi connectivity index (χ4v) is 1.96. The lowest BCUT2D eigenvalue weighted by Gasteiger charge is -2.08. The van der Waals surface area contributed by atoms with Crippen molar-refractivity contribution in [2.24, 2.45) is 0 Å². The standard InChI is InChI=1S/C15H19N3O/c1-2-8-16-10-11-18-15(19)13-7-9-17-14-6-4-3-5-12(13)14/h3-7,9,16H,2,8,10-11H2,1H3,(H,18,19). The zero-order valence-corrected chi connectivity index (χ0v) is 11.1. The van der Waals surface area contributed by atoms with Gasteiger partial charge in [0.15, 0.2) is 0 Å². The summed E-state index contributed by atoms with van der Waals surface area (Å²) in [7, 11) is 0. The smallest absolute Gasteiger partial charge is 0.252 e. The molecule has 0 saturated carbocycles. The molecule has 4 nitrogen and oxygen atoms in total. The van der Waals surface area contributed by atoms with Crippen LogP contribution in [-0.4, -0.2) is 30.5 Å². The Morgan fingerprint density at radius 2 is 2.00 bits per heavy atom. The summed E-state index contributed by atoms with van der Waals surface area (Å²) in [5, 5.41) is 7.07. The average molecular weight is 257 g/mol. The quantitative estimate of drug-likeness (QED) is 0.778. The molecular formula is C15H19N3O. The predicted molar refractivity (Wildman–Crippen MR) is 77.2 cm³/mol. The number of hydrogen-bond donors (Lipinski definition) is 2. The van der Waals surface area contributed by atoms with Crippen LogP contribution in [0.3, 0.4) is 0 Å². The second-order valence-electron chi connectivity index (χ2n) is 4.38. The van der Waals surface area contributed by atoms with E-state index in [1.54, 1.807) is 12.3 Å². The zero-order valence-electron chi connectivity index (χ0n) is 11.1. The van der Waals surface area contributed by atoms with E-state index in [0.29, 0.717) is 12.1 Å². The Bertz CT molecular complexity index is 549. The molecule has 100 valence electrons. The van der Waals surface area contributed by atoms with E-state index in [4.69, 9.17) is 0 Å². The zero-order chi connectivity index (χ0) is 13.5. The molecule has 0 fully saturated rings. The summed E-state index contributed by atoms with van der Waals surface area (Å²) in [6.45, 7) is 4.53. The molecule has 2 aromatic rings. The van der Waals surface area contributed by atoms with Crippen molar-refractivity contribution >= 4 is 16.8 Å². The molecular weight excluding hydrogens is 238 g/mol. The third kappa shape index (κ3) is 3.51. The molecule has 1 aromatic heterocycles. The molecule has 0 aliphatic heterocycles. The van der Waals surface area contributed by atoms with Gasteiger partial charge in [-0.15, -0.1) is 0 Å². The normalized spacial score (nSPS) is 10.6. The number of aromatic nitrogens is 1. The number of fused-ring (bicyclic) bond motifs is 1. The van der Waals surface area contributed by atoms with Crippen molar-refractivity contribution in [3.63, 3.8) is 0 Å². The molecule has 1 heterocycles. The van der Waals surface area contributed by atoms with Gasteiger partial charge in [0.05, 0.1) is 11.1 Å². The minimum absolute atomic E-state index is 0.0445. The number of rotatable bonds is 6. The van der Waals surface area contributed by atoms with Gasteiger partial charge in [-0.3, -0.25) is 9.78 Å². The number of pyridine rings is 1. The molecule has 2 rings (SSSR count). The monoisotopic (exact) mass is 257 g/mol. The van der Waals surface area contributed by atoms with E-state index < -0.39 is 0 Å². The van der Waals surface area contributed by atoms with E-state index in [-0.39, 0.29) is 5.91 Å². The number of nitrogens with one attached hydrogen (secondary N) is 2. The molecule has 0 radical (unpaired) electrons. The minimum Gasteiger partial charge on any atom is -0.351 e. The van der Waals surface area contributed by atoms with Crippen LogP contribution < -0.4 is 10.6 Å². The lowest BCUT2D eigenvalue weighted by Crippen LogP contribution is -2.32. The molecule has 2 N–H and O–H groups in total. The molecule has 1 aromatic carbocycles. The van der Waals surface area contributed by atoms with E-state index in [1.807, 2.05) is 24.3 Å². The maximum atomic E-state index is 12.1. The van der Waals surface area contributed by atoms with Gasteiger partial charge in [0.1, 0.15) is 0 Å². The molecule has 0 aliphatic carbocycles. The summed E-state index contributed by atoms with van der Waals surface area (Å²) >= 11 is 0. The van der Waals surface area contributed by atoms with Gasteiger partial charge < -0.3 is 10.6 Å². The Morgan fingerprint density at radius 1 is 1.16 bits per heavy atom. The largest absolute Gasteiger partial charge is 0.351 e. The number of para-hydroxylation sites is 1. The summed E-state index contributed by atoms with van der Waals surface area (Å²) in [5.74, 6) is -0.0445. The lowest BCUT2D eigenvalue weighted by molar-refractivity contribution is 0.0955. The summed E-state index contributed by atoms with van der Waals surface area (Å²) in [6, 6.07) is 9.44. The molecule has 0 spiro atoms. The first-order chi connectivity index (χ1) is 9.33. The van der Waals surface area contributed by atoms with Crippen LogP contribution in [0.1, 0.15) is 23.7 Å². The van der Waals surface area contributed by atoms with E-state index in [0.717, 1.165) is 30.4 Å². The van der Waals surface area contributed by atoms with Gasteiger partial charge in [0, 0.05) is 24.7 Å². The van der Waals surface area contributed by atoms with E-state index in [1.165, 1.54) is 0 Å². The summed E-state index contributed by atoms with van der Waals surface area (Å²) in [6.07, 6.45) is 2.77. The van der Waals surface area contributed by atoms with E-state index >= 15 is 0 Å². The van der Waals surface area contributed by atoms with Crippen molar-refractivity contribution in [2.45, 2.75) is 13.3 Å². The van der Waals surface area contributed by atoms with Crippen LogP contribution in [0.25, 0.3) is 10.9 Å². The number of nitrogens with zero attached hydrogens (tertiary/aromatic N) is 1. The Balaban J connectivity index is 2.01. The van der Waals surface area contributed by atoms with Crippen LogP contribution in [0.2, 0.25) is 0 Å². The third-order valence-electron chi connectivity index (χ3n) is 2.91. The average Bonchev–Trinajstić information content (AvgIpc) is 2.46. The molecule has 0 atom stereocenters. The first-order valence-electron chi connectivity index (χ1n) is 6.65. The second kappa shape index (κ2) is 6.85. The van der Waals surface area contributed by atoms with E-state index in [9.17, 15) is 4.79 Å². The molecule has 1 amide bonds. The van der Waals surface area contributed by atoms with Gasteiger partial charge in [0.2, 0.25) is 0 Å². The highest BCUT2D eigenvalue weighted by Crippen LogP contribution is 2.15. The SMILES string of the molecule is CCCNCCNC(=O)c1ccnc2ccccc12. The molecule has 19 heavy (non-hydrogen) atoms. The van der Waals surface area contributed by atoms with Crippen LogP contribution >= 0.6 is 0 Å². The lowest BCUT2D eigenvalue weighted by atomic mass is 10.1. The van der Waals surface area contributed by atoms with Gasteiger partial charge in [-0.05, 0) is 25.1 Å². The van der Waals surface area contributed by atoms with Gasteiger partial charge in [-0.2, -0.15) is 0 Å². The first-order valence-corrected chi connectivity index (χ1v) is 6.65. The molecule has 0 unspecified atom stereocenters. The van der Waals surface area contributed by atoms with Crippen molar-refractivity contribution < 1.29 is 4.79 Å². The van der Waals surface area contributed by atoms with Gasteiger partial charge in [-0.25, -0.2) is 0 Å². The van der Waals surface area contributed by atoms with Crippen LogP contribution in [0, 0.1) is 0 Å². The highest BCUT2D eigenvalue weighted by molar-refractivity contribution is 6.05. The topological polar surface area (TPSA) is 54.0 Å². The Morgan fingerprint density at radius 3 is 2.84 bits per heavy atom. The third-order valence-corrected chi connectivity index (χ3v) is 2.91. The number of amides is 1. The number of benzene rings is 1. The Kier molecular flexibility index (Phi) is 4.86. The van der Waals surface area contributed by atoms with E-state index in [2.05, 4.69) is 22.5 Å². The highest BCUT2D eigenvalue weighted by Gasteiger charge is 2.09. The molecule has 0 bridgehead atoms. The van der Waals surface area contributed by atoms with Crippen LogP contribution in [0.5, 0.6) is 0 Å². The van der Waals surface area contributed by atoms with Crippen molar-refractivity contribution in [1.29, 1.82) is 0 Å². The maximum Gasteiger partial charge on any atom is 0.252 e. The minimum atomic E-state index is -0.0445. The molecule has 0 aliphatic rings. The second-order valence-corrected chi connectivity index (χ2v) is 4.38. The number of hydrogen-bond acceptors (Lipinski definition) is 3. The van der Waals surface area contributed by atoms with Gasteiger partial charge in [-0.1, -0.05) is 25.1 Å². The molecule has 4 heteroatoms. The van der Waals surface area contributed by atoms with Crippen molar-refractivity contribution in [1.82, 2.24) is 15.6 Å². The fraction of sp³-hybridized carbons (Fsp3) is 0.333. The van der Waals surface area contributed by atoms with Crippen LogP contribution in [0.4, 0.5) is 0 Å².